The number of carbonyl (C=O) groups is 2. The van der Waals surface area contributed by atoms with Gasteiger partial charge in [-0.25, -0.2) is 4.57 Å². The van der Waals surface area contributed by atoms with Crippen LogP contribution >= 0.6 is 7.82 Å². The summed E-state index contributed by atoms with van der Waals surface area (Å²) in [5.41, 5.74) is 0. The Morgan fingerprint density at radius 2 is 1.10 bits per heavy atom. The number of aliphatic hydroxyl groups is 5. The Hall–Kier alpha value is -2.19. The molecule has 0 aromatic carbocycles. The van der Waals surface area contributed by atoms with Crippen molar-refractivity contribution in [2.75, 3.05) is 13.2 Å². The van der Waals surface area contributed by atoms with Crippen LogP contribution in [0.3, 0.4) is 0 Å². The maximum Gasteiger partial charge on any atom is 0.472 e. The summed E-state index contributed by atoms with van der Waals surface area (Å²) in [5.74, 6) is -1.14. The predicted octanol–water partition coefficient (Wildman–Crippen LogP) is 5.66. The summed E-state index contributed by atoms with van der Waals surface area (Å²) in [6.45, 7) is 3.05. The lowest BCUT2D eigenvalue weighted by Crippen LogP contribution is -2.64. The number of rotatable bonds is 29. The summed E-state index contributed by atoms with van der Waals surface area (Å²) in [4.78, 5) is 35.3. The molecule has 0 bridgehead atoms. The van der Waals surface area contributed by atoms with Gasteiger partial charge in [-0.1, -0.05) is 127 Å². The van der Waals surface area contributed by atoms with Crippen LogP contribution < -0.4 is 0 Å². The number of hydrogen-bond donors (Lipinski definition) is 6. The van der Waals surface area contributed by atoms with Gasteiger partial charge in [0.25, 0.3) is 0 Å². The molecule has 8 atom stereocenters. The standard InChI is InChI=1S/C38H65O13P/c1-3-5-7-9-11-13-14-15-16-17-18-19-21-23-25-27-32(40)50-30(28-48-31(39)26-24-22-20-12-10-8-6-4-2)29-49-52(46,47)51-38-36(44)34(42)33(41)35(43)37(38)45/h5,7,9,11,13-16,30,33-38,41-45H,3-4,6,8,10,12,17-29H2,1-2H3,(H,46,47)/b7-5+,11-9+,14-13+,16-15+/t30-,33?,34-,35?,36?,37?,38?/m1/s1. The third kappa shape index (κ3) is 22.1. The SMILES string of the molecule is CC/C=C/C=C/C=C/C=C/CCCCCCCC(=O)O[C@H](COC(=O)CCCCCCCCCC)COP(=O)(O)OC1C(O)C(O)C(O)[C@@H](O)C1O. The Bertz CT molecular complexity index is 1110. The van der Waals surface area contributed by atoms with Crippen LogP contribution in [0.5, 0.6) is 0 Å². The van der Waals surface area contributed by atoms with Crippen LogP contribution in [0.4, 0.5) is 0 Å². The second-order valence-electron chi connectivity index (χ2n) is 13.1. The Morgan fingerprint density at radius 1 is 0.615 bits per heavy atom. The topological polar surface area (TPSA) is 210 Å². The van der Waals surface area contributed by atoms with E-state index in [4.69, 9.17) is 18.5 Å². The van der Waals surface area contributed by atoms with E-state index in [1.165, 1.54) is 19.3 Å². The summed E-state index contributed by atoms with van der Waals surface area (Å²) in [6, 6.07) is 0. The van der Waals surface area contributed by atoms with Crippen molar-refractivity contribution >= 4 is 19.8 Å². The molecule has 300 valence electrons. The fraction of sp³-hybridized carbons (Fsp3) is 0.737. The molecule has 0 amide bonds. The maximum atomic E-state index is 12.7. The number of esters is 2. The molecule has 1 rings (SSSR count). The van der Waals surface area contributed by atoms with Gasteiger partial charge in [0.2, 0.25) is 0 Å². The second kappa shape index (κ2) is 29.2. The smallest absolute Gasteiger partial charge is 0.462 e. The first-order valence-corrected chi connectivity index (χ1v) is 20.5. The lowest BCUT2D eigenvalue weighted by atomic mass is 9.85. The molecule has 0 saturated heterocycles. The van der Waals surface area contributed by atoms with Crippen molar-refractivity contribution in [3.05, 3.63) is 48.6 Å². The van der Waals surface area contributed by atoms with E-state index >= 15 is 0 Å². The van der Waals surface area contributed by atoms with E-state index < -0.39 is 75.7 Å². The zero-order valence-corrected chi connectivity index (χ0v) is 32.0. The average Bonchev–Trinajstić information content (AvgIpc) is 3.12. The van der Waals surface area contributed by atoms with Gasteiger partial charge in [-0.15, -0.1) is 0 Å². The lowest BCUT2D eigenvalue weighted by molar-refractivity contribution is -0.220. The summed E-state index contributed by atoms with van der Waals surface area (Å²) < 4.78 is 33.2. The van der Waals surface area contributed by atoms with E-state index in [9.17, 15) is 44.6 Å². The van der Waals surface area contributed by atoms with Gasteiger partial charge in [0, 0.05) is 12.8 Å². The molecule has 0 heterocycles. The van der Waals surface area contributed by atoms with E-state index in [-0.39, 0.29) is 12.8 Å². The summed E-state index contributed by atoms with van der Waals surface area (Å²) in [6.07, 6.45) is 17.8. The first-order chi connectivity index (χ1) is 24.9. The number of aliphatic hydroxyl groups excluding tert-OH is 5. The Morgan fingerprint density at radius 3 is 1.67 bits per heavy atom. The van der Waals surface area contributed by atoms with Gasteiger partial charge >= 0.3 is 19.8 Å². The van der Waals surface area contributed by atoms with Crippen LogP contribution in [0, 0.1) is 0 Å². The highest BCUT2D eigenvalue weighted by atomic mass is 31.2. The van der Waals surface area contributed by atoms with Gasteiger partial charge in [0.1, 0.15) is 43.2 Å². The largest absolute Gasteiger partial charge is 0.472 e. The van der Waals surface area contributed by atoms with Gasteiger partial charge in [-0.3, -0.25) is 18.6 Å². The predicted molar refractivity (Wildman–Crippen MR) is 198 cm³/mol. The monoisotopic (exact) mass is 760 g/mol. The number of unbranched alkanes of at least 4 members (excludes halogenated alkanes) is 12. The molecular weight excluding hydrogens is 695 g/mol. The fourth-order valence-electron chi connectivity index (χ4n) is 5.41. The lowest BCUT2D eigenvalue weighted by Gasteiger charge is -2.41. The van der Waals surface area contributed by atoms with Crippen molar-refractivity contribution in [3.63, 3.8) is 0 Å². The third-order valence-corrected chi connectivity index (χ3v) is 9.51. The minimum absolute atomic E-state index is 0.0697. The highest BCUT2D eigenvalue weighted by Crippen LogP contribution is 2.47. The molecular formula is C38H65O13P. The highest BCUT2D eigenvalue weighted by Gasteiger charge is 2.51. The van der Waals surface area contributed by atoms with E-state index in [2.05, 4.69) is 26.0 Å². The van der Waals surface area contributed by atoms with Crippen LogP contribution in [-0.2, 0) is 32.7 Å². The first-order valence-electron chi connectivity index (χ1n) is 19.0. The van der Waals surface area contributed by atoms with Crippen LogP contribution in [0.25, 0.3) is 0 Å². The number of hydrogen-bond acceptors (Lipinski definition) is 12. The number of carbonyl (C=O) groups excluding carboxylic acids is 2. The average molecular weight is 761 g/mol. The normalized spacial score (nSPS) is 24.2. The first kappa shape index (κ1) is 47.8. The Kier molecular flexibility index (Phi) is 26.9. The van der Waals surface area contributed by atoms with E-state index in [1.54, 1.807) is 0 Å². The van der Waals surface area contributed by atoms with E-state index in [1.807, 2.05) is 36.5 Å². The van der Waals surface area contributed by atoms with E-state index in [0.29, 0.717) is 12.8 Å². The van der Waals surface area contributed by atoms with Crippen molar-refractivity contribution in [2.45, 2.75) is 166 Å². The van der Waals surface area contributed by atoms with Crippen molar-refractivity contribution in [1.82, 2.24) is 0 Å². The number of phosphoric acid groups is 1. The molecule has 52 heavy (non-hydrogen) atoms. The van der Waals surface area contributed by atoms with Crippen molar-refractivity contribution < 1.29 is 63.1 Å². The molecule has 0 radical (unpaired) electrons. The zero-order chi connectivity index (χ0) is 38.6. The molecule has 1 aliphatic carbocycles. The third-order valence-electron chi connectivity index (χ3n) is 8.53. The van der Waals surface area contributed by atoms with Crippen molar-refractivity contribution in [1.29, 1.82) is 0 Å². The zero-order valence-electron chi connectivity index (χ0n) is 31.1. The summed E-state index contributed by atoms with van der Waals surface area (Å²) in [5, 5.41) is 49.9. The van der Waals surface area contributed by atoms with Gasteiger partial charge in [-0.2, -0.15) is 0 Å². The number of ether oxygens (including phenoxy) is 2. The number of phosphoric ester groups is 1. The molecule has 1 saturated carbocycles. The van der Waals surface area contributed by atoms with Gasteiger partial charge in [0.05, 0.1) is 6.61 Å². The van der Waals surface area contributed by atoms with Crippen molar-refractivity contribution in [3.8, 4) is 0 Å². The maximum absolute atomic E-state index is 12.7. The molecule has 14 heteroatoms. The molecule has 0 aliphatic heterocycles. The molecule has 0 aromatic heterocycles. The van der Waals surface area contributed by atoms with Gasteiger partial charge in [0.15, 0.2) is 6.10 Å². The quantitative estimate of drug-likeness (QED) is 0.0236. The molecule has 13 nitrogen and oxygen atoms in total. The summed E-state index contributed by atoms with van der Waals surface area (Å²) in [7, 11) is -5.11. The minimum atomic E-state index is -5.11. The fourth-order valence-corrected chi connectivity index (χ4v) is 6.39. The van der Waals surface area contributed by atoms with E-state index in [0.717, 1.165) is 64.2 Å². The van der Waals surface area contributed by atoms with Crippen LogP contribution in [-0.4, -0.2) is 98.3 Å². The second-order valence-corrected chi connectivity index (χ2v) is 14.6. The van der Waals surface area contributed by atoms with Crippen molar-refractivity contribution in [2.24, 2.45) is 0 Å². The molecule has 6 N–H and O–H groups in total. The molecule has 1 fully saturated rings. The molecule has 0 aromatic rings. The highest BCUT2D eigenvalue weighted by molar-refractivity contribution is 7.47. The molecule has 0 spiro atoms. The Balaban J connectivity index is 2.56. The minimum Gasteiger partial charge on any atom is -0.462 e. The number of allylic oxidation sites excluding steroid dienone is 8. The molecule has 1 aliphatic rings. The van der Waals surface area contributed by atoms with Crippen LogP contribution in [0.1, 0.15) is 123 Å². The summed E-state index contributed by atoms with van der Waals surface area (Å²) >= 11 is 0. The molecule has 6 unspecified atom stereocenters. The van der Waals surface area contributed by atoms with Crippen LogP contribution in [0.15, 0.2) is 48.6 Å². The van der Waals surface area contributed by atoms with Gasteiger partial charge < -0.3 is 39.9 Å². The van der Waals surface area contributed by atoms with Gasteiger partial charge in [-0.05, 0) is 32.1 Å². The Labute approximate surface area is 310 Å². The van der Waals surface area contributed by atoms with Crippen LogP contribution in [0.2, 0.25) is 0 Å².